The van der Waals surface area contributed by atoms with Gasteiger partial charge in [0.1, 0.15) is 0 Å². The lowest BCUT2D eigenvalue weighted by molar-refractivity contribution is -0.384. The SMILES string of the molecule is CCOC(=O)c1cnc2c(-c3ccc([N+](=O)[O-])cc3)cnn2c1C. The summed E-state index contributed by atoms with van der Waals surface area (Å²) in [6.07, 6.45) is 3.07. The number of benzene rings is 1. The van der Waals surface area contributed by atoms with Crippen LogP contribution in [0.1, 0.15) is 23.0 Å². The van der Waals surface area contributed by atoms with Gasteiger partial charge in [0.05, 0.1) is 29.0 Å². The summed E-state index contributed by atoms with van der Waals surface area (Å²) in [7, 11) is 0. The number of hydrogen-bond acceptors (Lipinski definition) is 6. The maximum atomic E-state index is 11.9. The number of aryl methyl sites for hydroxylation is 1. The average molecular weight is 326 g/mol. The van der Waals surface area contributed by atoms with E-state index in [9.17, 15) is 14.9 Å². The van der Waals surface area contributed by atoms with Crippen LogP contribution in [0.3, 0.4) is 0 Å². The summed E-state index contributed by atoms with van der Waals surface area (Å²) in [5.41, 5.74) is 3.03. The van der Waals surface area contributed by atoms with Crippen molar-refractivity contribution in [3.63, 3.8) is 0 Å². The third kappa shape index (κ3) is 2.58. The normalized spacial score (nSPS) is 10.8. The second kappa shape index (κ2) is 6.07. The fourth-order valence-corrected chi connectivity index (χ4v) is 2.42. The van der Waals surface area contributed by atoms with Crippen LogP contribution in [0.15, 0.2) is 36.7 Å². The quantitative estimate of drug-likeness (QED) is 0.415. The summed E-state index contributed by atoms with van der Waals surface area (Å²) in [5, 5.41) is 15.0. The second-order valence-electron chi connectivity index (χ2n) is 5.08. The Bertz CT molecular complexity index is 931. The molecule has 0 saturated heterocycles. The summed E-state index contributed by atoms with van der Waals surface area (Å²) in [6.45, 7) is 3.77. The van der Waals surface area contributed by atoms with Crippen LogP contribution < -0.4 is 0 Å². The summed E-state index contributed by atoms with van der Waals surface area (Å²) in [5.74, 6) is -0.447. The highest BCUT2D eigenvalue weighted by Gasteiger charge is 2.17. The number of ether oxygens (including phenoxy) is 1. The van der Waals surface area contributed by atoms with Crippen LogP contribution in [0.5, 0.6) is 0 Å². The van der Waals surface area contributed by atoms with Crippen molar-refractivity contribution in [1.82, 2.24) is 14.6 Å². The molecule has 0 aliphatic heterocycles. The van der Waals surface area contributed by atoms with Crippen LogP contribution in [0, 0.1) is 17.0 Å². The van der Waals surface area contributed by atoms with Gasteiger partial charge in [-0.2, -0.15) is 5.10 Å². The molecule has 8 nitrogen and oxygen atoms in total. The Kier molecular flexibility index (Phi) is 3.95. The minimum Gasteiger partial charge on any atom is -0.462 e. The molecule has 3 rings (SSSR count). The molecule has 0 atom stereocenters. The summed E-state index contributed by atoms with van der Waals surface area (Å²) in [6, 6.07) is 6.15. The summed E-state index contributed by atoms with van der Waals surface area (Å²) >= 11 is 0. The highest BCUT2D eigenvalue weighted by Crippen LogP contribution is 2.26. The number of carbonyl (C=O) groups excluding carboxylic acids is 1. The molecule has 0 unspecified atom stereocenters. The molecule has 1 aromatic carbocycles. The smallest absolute Gasteiger partial charge is 0.341 e. The van der Waals surface area contributed by atoms with Crippen LogP contribution in [0.4, 0.5) is 5.69 Å². The largest absolute Gasteiger partial charge is 0.462 e. The lowest BCUT2D eigenvalue weighted by Gasteiger charge is -2.07. The molecule has 0 fully saturated rings. The molecule has 0 amide bonds. The molecule has 8 heteroatoms. The second-order valence-corrected chi connectivity index (χ2v) is 5.08. The van der Waals surface area contributed by atoms with Crippen molar-refractivity contribution in [2.24, 2.45) is 0 Å². The number of carbonyl (C=O) groups is 1. The van der Waals surface area contributed by atoms with Crippen LogP contribution in [0.2, 0.25) is 0 Å². The predicted octanol–water partition coefficient (Wildman–Crippen LogP) is 2.79. The van der Waals surface area contributed by atoms with Gasteiger partial charge in [-0.25, -0.2) is 14.3 Å². The minimum atomic E-state index is -0.450. The number of aromatic nitrogens is 3. The Morgan fingerprint density at radius 1 is 1.29 bits per heavy atom. The van der Waals surface area contributed by atoms with Crippen molar-refractivity contribution in [3.8, 4) is 11.1 Å². The number of non-ortho nitro benzene ring substituents is 1. The Morgan fingerprint density at radius 3 is 2.62 bits per heavy atom. The number of rotatable bonds is 4. The molecule has 0 N–H and O–H groups in total. The Morgan fingerprint density at radius 2 is 2.00 bits per heavy atom. The van der Waals surface area contributed by atoms with E-state index in [-0.39, 0.29) is 12.3 Å². The fourth-order valence-electron chi connectivity index (χ4n) is 2.42. The average Bonchev–Trinajstić information content (AvgIpc) is 3.00. The van der Waals surface area contributed by atoms with E-state index in [1.807, 2.05) is 0 Å². The highest BCUT2D eigenvalue weighted by atomic mass is 16.6. The molecule has 0 aliphatic rings. The molecule has 0 spiro atoms. The van der Waals surface area contributed by atoms with Crippen LogP contribution in [-0.4, -0.2) is 32.1 Å². The maximum Gasteiger partial charge on any atom is 0.341 e. The van der Waals surface area contributed by atoms with Gasteiger partial charge in [-0.15, -0.1) is 0 Å². The zero-order valence-corrected chi connectivity index (χ0v) is 13.1. The first-order valence-electron chi connectivity index (χ1n) is 7.28. The highest BCUT2D eigenvalue weighted by molar-refractivity contribution is 5.91. The van der Waals surface area contributed by atoms with Crippen LogP contribution in [0.25, 0.3) is 16.8 Å². The Balaban J connectivity index is 2.06. The first kappa shape index (κ1) is 15.6. The van der Waals surface area contributed by atoms with Gasteiger partial charge in [-0.1, -0.05) is 0 Å². The lowest BCUT2D eigenvalue weighted by atomic mass is 10.1. The Hall–Kier alpha value is -3.29. The number of hydrogen-bond donors (Lipinski definition) is 0. The van der Waals surface area contributed by atoms with E-state index in [1.165, 1.54) is 18.3 Å². The van der Waals surface area contributed by atoms with Crippen molar-refractivity contribution in [3.05, 3.63) is 58.0 Å². The molecule has 0 aliphatic carbocycles. The standard InChI is InChI=1S/C16H14N4O4/c1-3-24-16(21)13-8-17-15-14(9-18-19(15)10(13)2)11-4-6-12(7-5-11)20(22)23/h4-9H,3H2,1-2H3. The van der Waals surface area contributed by atoms with Crippen molar-refractivity contribution < 1.29 is 14.5 Å². The molecule has 2 aromatic heterocycles. The van der Waals surface area contributed by atoms with Crippen molar-refractivity contribution in [2.75, 3.05) is 6.61 Å². The number of nitro benzene ring substituents is 1. The zero-order valence-electron chi connectivity index (χ0n) is 13.1. The predicted molar refractivity (Wildman–Crippen MR) is 85.8 cm³/mol. The third-order valence-electron chi connectivity index (χ3n) is 3.65. The van der Waals surface area contributed by atoms with Gasteiger partial charge in [0.2, 0.25) is 0 Å². The third-order valence-corrected chi connectivity index (χ3v) is 3.65. The molecular weight excluding hydrogens is 312 g/mol. The van der Waals surface area contributed by atoms with Crippen LogP contribution >= 0.6 is 0 Å². The number of fused-ring (bicyclic) bond motifs is 1. The van der Waals surface area contributed by atoms with Gasteiger partial charge in [0.25, 0.3) is 5.69 Å². The van der Waals surface area contributed by atoms with Crippen molar-refractivity contribution in [1.29, 1.82) is 0 Å². The van der Waals surface area contributed by atoms with Gasteiger partial charge < -0.3 is 4.74 Å². The van der Waals surface area contributed by atoms with E-state index in [4.69, 9.17) is 4.74 Å². The first-order valence-corrected chi connectivity index (χ1v) is 7.28. The number of esters is 1. The fraction of sp³-hybridized carbons (Fsp3) is 0.188. The first-order chi connectivity index (χ1) is 11.5. The monoisotopic (exact) mass is 326 g/mol. The van der Waals surface area contributed by atoms with E-state index in [0.29, 0.717) is 16.9 Å². The van der Waals surface area contributed by atoms with E-state index in [2.05, 4.69) is 10.1 Å². The molecule has 0 saturated carbocycles. The molecule has 0 radical (unpaired) electrons. The molecule has 3 aromatic rings. The van der Waals surface area contributed by atoms with Gasteiger partial charge in [-0.3, -0.25) is 10.1 Å². The molecule has 24 heavy (non-hydrogen) atoms. The number of nitro groups is 1. The van der Waals surface area contributed by atoms with Gasteiger partial charge in [0, 0.05) is 23.9 Å². The van der Waals surface area contributed by atoms with Gasteiger partial charge in [0.15, 0.2) is 5.65 Å². The topological polar surface area (TPSA) is 99.6 Å². The number of nitrogens with zero attached hydrogens (tertiary/aromatic N) is 4. The lowest BCUT2D eigenvalue weighted by Crippen LogP contribution is -2.11. The van der Waals surface area contributed by atoms with Crippen molar-refractivity contribution >= 4 is 17.3 Å². The van der Waals surface area contributed by atoms with E-state index in [0.717, 1.165) is 11.1 Å². The zero-order chi connectivity index (χ0) is 17.3. The molecular formula is C16H14N4O4. The van der Waals surface area contributed by atoms with Gasteiger partial charge >= 0.3 is 5.97 Å². The van der Waals surface area contributed by atoms with E-state index in [1.54, 1.807) is 36.7 Å². The maximum absolute atomic E-state index is 11.9. The molecule has 0 bridgehead atoms. The van der Waals surface area contributed by atoms with Crippen LogP contribution in [-0.2, 0) is 4.74 Å². The molecule has 2 heterocycles. The molecule has 122 valence electrons. The van der Waals surface area contributed by atoms with Crippen molar-refractivity contribution in [2.45, 2.75) is 13.8 Å². The van der Waals surface area contributed by atoms with E-state index < -0.39 is 10.9 Å². The summed E-state index contributed by atoms with van der Waals surface area (Å²) < 4.78 is 6.56. The van der Waals surface area contributed by atoms with Gasteiger partial charge in [-0.05, 0) is 31.5 Å². The summed E-state index contributed by atoms with van der Waals surface area (Å²) in [4.78, 5) is 26.5. The Labute approximate surface area is 136 Å². The van der Waals surface area contributed by atoms with E-state index >= 15 is 0 Å². The minimum absolute atomic E-state index is 0.0176.